The highest BCUT2D eigenvalue weighted by Gasteiger charge is 2.29. The van der Waals surface area contributed by atoms with Crippen LogP contribution in [0.1, 0.15) is 49.8 Å². The average molecular weight is 551 g/mol. The zero-order valence-electron chi connectivity index (χ0n) is 21.4. The van der Waals surface area contributed by atoms with Gasteiger partial charge in [0, 0.05) is 17.6 Å². The molecule has 0 radical (unpaired) electrons. The molecule has 1 aliphatic rings. The lowest BCUT2D eigenvalue weighted by Gasteiger charge is -2.30. The van der Waals surface area contributed by atoms with Gasteiger partial charge in [0.1, 0.15) is 5.69 Å². The number of aromatic nitrogens is 1. The summed E-state index contributed by atoms with van der Waals surface area (Å²) in [6.45, 7) is 8.78. The number of nitrogens with zero attached hydrogens (tertiary/aromatic N) is 1. The number of aliphatic hydroxyl groups is 1. The number of rotatable bonds is 6. The molecule has 2 bridgehead atoms. The summed E-state index contributed by atoms with van der Waals surface area (Å²) in [5, 5.41) is 18.7. The van der Waals surface area contributed by atoms with E-state index in [9.17, 15) is 24.3 Å². The van der Waals surface area contributed by atoms with Crippen LogP contribution in [0, 0.1) is 5.92 Å². The van der Waals surface area contributed by atoms with Crippen molar-refractivity contribution in [2.24, 2.45) is 5.92 Å². The van der Waals surface area contributed by atoms with Crippen molar-refractivity contribution in [3.8, 4) is 0 Å². The highest BCUT2D eigenvalue weighted by Crippen LogP contribution is 2.20. The quantitative estimate of drug-likeness (QED) is 0.181. The zero-order valence-corrected chi connectivity index (χ0v) is 23.0. The van der Waals surface area contributed by atoms with Crippen LogP contribution in [-0.4, -0.2) is 63.4 Å². The number of nitrogens with one attached hydrogen (secondary N) is 3. The molecule has 1 unspecified atom stereocenters. The van der Waals surface area contributed by atoms with Gasteiger partial charge in [0.05, 0.1) is 36.5 Å². The maximum atomic E-state index is 12.8. The molecule has 4 N–H and O–H groups in total. The van der Waals surface area contributed by atoms with Gasteiger partial charge in [0.2, 0.25) is 5.91 Å². The van der Waals surface area contributed by atoms with Gasteiger partial charge >= 0.3 is 0 Å². The topological polar surface area (TPSA) is 147 Å². The van der Waals surface area contributed by atoms with Gasteiger partial charge in [0.25, 0.3) is 11.8 Å². The van der Waals surface area contributed by atoms with Gasteiger partial charge in [-0.05, 0) is 30.7 Å². The van der Waals surface area contributed by atoms with Crippen LogP contribution >= 0.6 is 23.5 Å². The molecular formula is C25H34N4O6S2. The van der Waals surface area contributed by atoms with Crippen LogP contribution < -0.4 is 16.0 Å². The fourth-order valence-electron chi connectivity index (χ4n) is 3.37. The van der Waals surface area contributed by atoms with E-state index < -0.39 is 30.3 Å². The van der Waals surface area contributed by atoms with Gasteiger partial charge in [-0.15, -0.1) is 11.8 Å². The lowest BCUT2D eigenvalue weighted by molar-refractivity contribution is -0.157. The van der Waals surface area contributed by atoms with E-state index in [4.69, 9.17) is 4.74 Å². The Morgan fingerprint density at radius 3 is 2.68 bits per heavy atom. The predicted octanol–water partition coefficient (Wildman–Crippen LogP) is 2.14. The summed E-state index contributed by atoms with van der Waals surface area (Å²) in [4.78, 5) is 54.5. The molecule has 3 amide bonds. The molecule has 202 valence electrons. The molecule has 0 fully saturated rings. The molecular weight excluding hydrogens is 516 g/mol. The molecule has 3 atom stereocenters. The van der Waals surface area contributed by atoms with Crippen LogP contribution in [0.25, 0.3) is 0 Å². The molecule has 1 aromatic rings. The fraction of sp³-hybridized carbons (Fsp3) is 0.480. The SMILES string of the molecule is C=C1NC(=O)c2ccc(SC)c(n2)CNC(=O)C[C@@H](/C=C/CCSC(C)=O)OC(O)[C@H](C(C)C)NC1=O. The summed E-state index contributed by atoms with van der Waals surface area (Å²) >= 11 is 2.61. The smallest absolute Gasteiger partial charge is 0.274 e. The number of aliphatic hydroxyl groups excluding tert-OH is 1. The minimum Gasteiger partial charge on any atom is -0.366 e. The minimum absolute atomic E-state index is 0.0137. The van der Waals surface area contributed by atoms with Crippen molar-refractivity contribution >= 4 is 46.4 Å². The van der Waals surface area contributed by atoms with Crippen molar-refractivity contribution in [1.29, 1.82) is 0 Å². The van der Waals surface area contributed by atoms with E-state index in [2.05, 4.69) is 27.5 Å². The van der Waals surface area contributed by atoms with E-state index in [0.29, 0.717) is 17.9 Å². The van der Waals surface area contributed by atoms with E-state index >= 15 is 0 Å². The van der Waals surface area contributed by atoms with E-state index in [0.717, 1.165) is 4.90 Å². The Morgan fingerprint density at radius 1 is 1.30 bits per heavy atom. The number of carbonyl (C=O) groups excluding carboxylic acids is 4. The lowest BCUT2D eigenvalue weighted by atomic mass is 10.0. The Hall–Kier alpha value is -2.67. The van der Waals surface area contributed by atoms with Crippen LogP contribution in [0.5, 0.6) is 0 Å². The van der Waals surface area contributed by atoms with E-state index in [1.807, 2.05) is 6.26 Å². The van der Waals surface area contributed by atoms with Crippen LogP contribution in [-0.2, 0) is 25.7 Å². The number of fused-ring (bicyclic) bond motifs is 2. The summed E-state index contributed by atoms with van der Waals surface area (Å²) < 4.78 is 5.80. The minimum atomic E-state index is -1.45. The second kappa shape index (κ2) is 14.9. The highest BCUT2D eigenvalue weighted by molar-refractivity contribution is 8.13. The largest absolute Gasteiger partial charge is 0.366 e. The zero-order chi connectivity index (χ0) is 27.5. The van der Waals surface area contributed by atoms with Crippen molar-refractivity contribution in [1.82, 2.24) is 20.9 Å². The Morgan fingerprint density at radius 2 is 2.03 bits per heavy atom. The number of allylic oxidation sites excluding steroid dienone is 1. The number of amides is 3. The molecule has 0 saturated heterocycles. The van der Waals surface area contributed by atoms with Crippen molar-refractivity contribution in [3.63, 3.8) is 0 Å². The van der Waals surface area contributed by atoms with E-state index in [-0.39, 0.29) is 41.3 Å². The number of carbonyl (C=O) groups is 4. The molecule has 1 aromatic heterocycles. The molecule has 0 spiro atoms. The van der Waals surface area contributed by atoms with E-state index in [1.54, 1.807) is 32.1 Å². The number of ether oxygens (including phenoxy) is 1. The number of hydrogen-bond acceptors (Lipinski definition) is 9. The van der Waals surface area contributed by atoms with Crippen molar-refractivity contribution in [2.75, 3.05) is 12.0 Å². The first-order chi connectivity index (χ1) is 17.5. The van der Waals surface area contributed by atoms with Crippen LogP contribution in [0.4, 0.5) is 0 Å². The molecule has 0 aliphatic carbocycles. The predicted molar refractivity (Wildman–Crippen MR) is 144 cm³/mol. The Kier molecular flexibility index (Phi) is 12.3. The maximum absolute atomic E-state index is 12.8. The van der Waals surface area contributed by atoms with Gasteiger partial charge in [0.15, 0.2) is 11.4 Å². The monoisotopic (exact) mass is 550 g/mol. The molecule has 0 aromatic carbocycles. The first kappa shape index (κ1) is 30.6. The number of pyridine rings is 1. The fourth-order valence-corrected chi connectivity index (χ4v) is 4.47. The van der Waals surface area contributed by atoms with E-state index in [1.165, 1.54) is 36.5 Å². The second-order valence-corrected chi connectivity index (χ2v) is 10.7. The molecule has 37 heavy (non-hydrogen) atoms. The van der Waals surface area contributed by atoms with Gasteiger partial charge in [-0.3, -0.25) is 19.2 Å². The molecule has 2 rings (SSSR count). The normalized spacial score (nSPS) is 22.1. The molecule has 12 heteroatoms. The first-order valence-electron chi connectivity index (χ1n) is 11.8. The van der Waals surface area contributed by atoms with Crippen LogP contribution in [0.3, 0.4) is 0 Å². The van der Waals surface area contributed by atoms with Gasteiger partial charge in [-0.25, -0.2) is 4.98 Å². The molecule has 1 aliphatic heterocycles. The summed E-state index contributed by atoms with van der Waals surface area (Å²) in [5.41, 5.74) is 0.348. The number of thioether (sulfide) groups is 2. The molecule has 2 heterocycles. The Bertz CT molecular complexity index is 1050. The van der Waals surface area contributed by atoms with Crippen molar-refractivity contribution in [2.45, 2.75) is 63.5 Å². The highest BCUT2D eigenvalue weighted by atomic mass is 32.2. The summed E-state index contributed by atoms with van der Waals surface area (Å²) in [6.07, 6.45) is 3.52. The third-order valence-electron chi connectivity index (χ3n) is 5.34. The average Bonchev–Trinajstić information content (AvgIpc) is 2.84. The summed E-state index contributed by atoms with van der Waals surface area (Å²) in [7, 11) is 0. The molecule has 10 nitrogen and oxygen atoms in total. The number of hydrogen-bond donors (Lipinski definition) is 4. The third kappa shape index (κ3) is 9.95. The van der Waals surface area contributed by atoms with Gasteiger partial charge in [-0.1, -0.05) is 44.3 Å². The standard InChI is InChI=1S/C25H34N4O6S2/c1-14(2)22-25(34)35-17(8-6-7-11-37-16(4)30)12-21(31)26-13-19-20(36-5)10-9-18(28-19)24(33)27-15(3)23(32)29-22/h6,8-10,14,17,22,25,34H,3,7,11-13H2,1-2,4-5H3,(H,26,31)(H,27,33)(H,29,32)/b8-6+/t17-,22+,25?/m1/s1. The first-order valence-corrected chi connectivity index (χ1v) is 14.0. The van der Waals surface area contributed by atoms with Crippen LogP contribution in [0.2, 0.25) is 0 Å². The maximum Gasteiger partial charge on any atom is 0.274 e. The Labute approximate surface area is 225 Å². The second-order valence-electron chi connectivity index (χ2n) is 8.62. The Balaban J connectivity index is 2.35. The van der Waals surface area contributed by atoms with Crippen molar-refractivity contribution < 1.29 is 29.0 Å². The summed E-state index contributed by atoms with van der Waals surface area (Å²) in [5.74, 6) is -1.35. The third-order valence-corrected chi connectivity index (χ3v) is 7.00. The summed E-state index contributed by atoms with van der Waals surface area (Å²) in [6, 6.07) is 2.39. The van der Waals surface area contributed by atoms with Crippen LogP contribution in [0.15, 0.2) is 41.5 Å². The van der Waals surface area contributed by atoms with Crippen molar-refractivity contribution in [3.05, 3.63) is 47.9 Å². The molecule has 0 saturated carbocycles. The van der Waals surface area contributed by atoms with Gasteiger partial charge in [-0.2, -0.15) is 0 Å². The lowest BCUT2D eigenvalue weighted by Crippen LogP contribution is -2.50. The van der Waals surface area contributed by atoms with Gasteiger partial charge < -0.3 is 25.8 Å².